The van der Waals surface area contributed by atoms with E-state index in [0.29, 0.717) is 5.82 Å². The zero-order valence-corrected chi connectivity index (χ0v) is 25.7. The molecule has 0 saturated carbocycles. The van der Waals surface area contributed by atoms with Crippen LogP contribution in [0, 0.1) is 0 Å². The molecule has 46 heavy (non-hydrogen) atoms. The lowest BCUT2D eigenvalue weighted by molar-refractivity contribution is 0.653. The van der Waals surface area contributed by atoms with E-state index in [1.54, 1.807) is 0 Å². The Morgan fingerprint density at radius 3 is 1.78 bits per heavy atom. The first-order chi connectivity index (χ1) is 22.5. The number of furan rings is 1. The van der Waals surface area contributed by atoms with E-state index in [4.69, 9.17) is 14.4 Å². The van der Waals surface area contributed by atoms with Gasteiger partial charge >= 0.3 is 0 Å². The average Bonchev–Trinajstić information content (AvgIpc) is 3.61. The summed E-state index contributed by atoms with van der Waals surface area (Å²) in [5.74, 6) is 0.703. The van der Waals surface area contributed by atoms with Crippen LogP contribution in [0.25, 0.3) is 78.1 Å². The quantitative estimate of drug-likeness (QED) is 0.205. The Morgan fingerprint density at radius 1 is 0.478 bits per heavy atom. The van der Waals surface area contributed by atoms with E-state index in [1.165, 1.54) is 33.4 Å². The number of fused-ring (bicyclic) bond motifs is 7. The van der Waals surface area contributed by atoms with Crippen LogP contribution in [-0.4, -0.2) is 9.97 Å². The summed E-state index contributed by atoms with van der Waals surface area (Å²) in [4.78, 5) is 10.3. The van der Waals surface area contributed by atoms with E-state index in [1.807, 2.05) is 18.2 Å². The molecular formula is C43H30N2O. The highest BCUT2D eigenvalue weighted by Gasteiger charge is 2.38. The third-order valence-corrected chi connectivity index (χ3v) is 9.52. The summed E-state index contributed by atoms with van der Waals surface area (Å²) in [5.41, 5.74) is 13.9. The molecule has 0 atom stereocenters. The predicted molar refractivity (Wildman–Crippen MR) is 189 cm³/mol. The van der Waals surface area contributed by atoms with Gasteiger partial charge in [0.05, 0.1) is 11.4 Å². The normalized spacial score (nSPS) is 13.2. The van der Waals surface area contributed by atoms with Gasteiger partial charge < -0.3 is 4.42 Å². The van der Waals surface area contributed by atoms with Gasteiger partial charge in [-0.2, -0.15) is 0 Å². The standard InChI is InChI=1S/C43H30N2O/c1-43(2)35-23-21-31(25-34(35)40-36(43)24-22-33-32-15-9-10-16-39(32)46-41(33)40)42-44-37(29-13-7-4-8-14-29)26-38(45-42)30-19-17-28(18-20-30)27-11-5-3-6-12-27/h3-26H,1-2H3. The van der Waals surface area contributed by atoms with Gasteiger partial charge in [-0.1, -0.05) is 141 Å². The summed E-state index contributed by atoms with van der Waals surface area (Å²) in [5, 5.41) is 2.29. The van der Waals surface area contributed by atoms with Crippen LogP contribution >= 0.6 is 0 Å². The fourth-order valence-electron chi connectivity index (χ4n) is 7.10. The minimum Gasteiger partial charge on any atom is -0.455 e. The second-order valence-electron chi connectivity index (χ2n) is 12.6. The van der Waals surface area contributed by atoms with Gasteiger partial charge in [-0.05, 0) is 46.0 Å². The first-order valence-corrected chi connectivity index (χ1v) is 15.7. The van der Waals surface area contributed by atoms with Gasteiger partial charge in [0.2, 0.25) is 0 Å². The maximum atomic E-state index is 6.56. The van der Waals surface area contributed by atoms with Gasteiger partial charge in [-0.25, -0.2) is 9.97 Å². The van der Waals surface area contributed by atoms with Crippen LogP contribution < -0.4 is 0 Å². The first-order valence-electron chi connectivity index (χ1n) is 15.7. The molecule has 2 heterocycles. The van der Waals surface area contributed by atoms with Crippen molar-refractivity contribution in [3.63, 3.8) is 0 Å². The van der Waals surface area contributed by atoms with Crippen molar-refractivity contribution in [2.75, 3.05) is 0 Å². The number of hydrogen-bond donors (Lipinski definition) is 0. The molecular weight excluding hydrogens is 560 g/mol. The lowest BCUT2D eigenvalue weighted by atomic mass is 9.82. The van der Waals surface area contributed by atoms with Crippen LogP contribution in [-0.2, 0) is 5.41 Å². The summed E-state index contributed by atoms with van der Waals surface area (Å²) in [7, 11) is 0. The fraction of sp³-hybridized carbons (Fsp3) is 0.0698. The van der Waals surface area contributed by atoms with Gasteiger partial charge in [0.25, 0.3) is 0 Å². The SMILES string of the molecule is CC1(C)c2ccc(-c3nc(-c4ccccc4)cc(-c4ccc(-c5ccccc5)cc4)n3)cc2-c2c1ccc1c2oc2ccccc21. The third-order valence-electron chi connectivity index (χ3n) is 9.52. The van der Waals surface area contributed by atoms with Crippen LogP contribution in [0.1, 0.15) is 25.0 Å². The molecule has 1 aliphatic carbocycles. The van der Waals surface area contributed by atoms with Gasteiger partial charge in [0, 0.05) is 38.4 Å². The second kappa shape index (κ2) is 10.1. The molecule has 2 aromatic heterocycles. The number of hydrogen-bond acceptors (Lipinski definition) is 3. The smallest absolute Gasteiger partial charge is 0.160 e. The first kappa shape index (κ1) is 26.6. The maximum Gasteiger partial charge on any atom is 0.160 e. The minimum atomic E-state index is -0.158. The lowest BCUT2D eigenvalue weighted by Crippen LogP contribution is -2.14. The molecule has 0 N–H and O–H groups in total. The molecule has 218 valence electrons. The van der Waals surface area contributed by atoms with E-state index < -0.39 is 0 Å². The fourth-order valence-corrected chi connectivity index (χ4v) is 7.10. The number of benzene rings is 6. The lowest BCUT2D eigenvalue weighted by Gasteiger charge is -2.21. The summed E-state index contributed by atoms with van der Waals surface area (Å²) >= 11 is 0. The number of nitrogens with zero attached hydrogens (tertiary/aromatic N) is 2. The number of aromatic nitrogens is 2. The molecule has 3 nitrogen and oxygen atoms in total. The summed E-state index contributed by atoms with van der Waals surface area (Å²) < 4.78 is 6.56. The highest BCUT2D eigenvalue weighted by molar-refractivity contribution is 6.12. The molecule has 0 spiro atoms. The van der Waals surface area contributed by atoms with Crippen LogP contribution in [0.2, 0.25) is 0 Å². The molecule has 0 amide bonds. The second-order valence-corrected chi connectivity index (χ2v) is 12.6. The van der Waals surface area contributed by atoms with E-state index in [2.05, 4.69) is 141 Å². The third kappa shape index (κ3) is 4.13. The molecule has 0 aliphatic heterocycles. The molecule has 0 radical (unpaired) electrons. The van der Waals surface area contributed by atoms with Crippen molar-refractivity contribution in [2.24, 2.45) is 0 Å². The molecule has 0 fully saturated rings. The van der Waals surface area contributed by atoms with Crippen molar-refractivity contribution in [1.82, 2.24) is 9.97 Å². The summed E-state index contributed by atoms with van der Waals surface area (Å²) in [6, 6.07) is 51.1. The summed E-state index contributed by atoms with van der Waals surface area (Å²) in [6.07, 6.45) is 0. The van der Waals surface area contributed by atoms with E-state index >= 15 is 0 Å². The molecule has 8 aromatic rings. The van der Waals surface area contributed by atoms with Crippen molar-refractivity contribution in [1.29, 1.82) is 0 Å². The Kier molecular flexibility index (Phi) is 5.85. The van der Waals surface area contributed by atoms with Gasteiger partial charge in [-0.3, -0.25) is 0 Å². The molecule has 1 aliphatic rings. The Labute approximate surface area is 267 Å². The number of para-hydroxylation sites is 1. The van der Waals surface area contributed by atoms with Crippen LogP contribution in [0.15, 0.2) is 150 Å². The summed E-state index contributed by atoms with van der Waals surface area (Å²) in [6.45, 7) is 4.60. The molecule has 9 rings (SSSR count). The highest BCUT2D eigenvalue weighted by atomic mass is 16.3. The molecule has 6 aromatic carbocycles. The largest absolute Gasteiger partial charge is 0.455 e. The van der Waals surface area contributed by atoms with Crippen molar-refractivity contribution in [3.05, 3.63) is 157 Å². The van der Waals surface area contributed by atoms with Gasteiger partial charge in [0.15, 0.2) is 5.82 Å². The topological polar surface area (TPSA) is 38.9 Å². The van der Waals surface area contributed by atoms with Crippen molar-refractivity contribution in [3.8, 4) is 56.2 Å². The van der Waals surface area contributed by atoms with Crippen molar-refractivity contribution in [2.45, 2.75) is 19.3 Å². The molecule has 3 heteroatoms. The van der Waals surface area contributed by atoms with E-state index in [0.717, 1.165) is 50.0 Å². The molecule has 0 unspecified atom stereocenters. The average molecular weight is 591 g/mol. The van der Waals surface area contributed by atoms with E-state index in [9.17, 15) is 0 Å². The van der Waals surface area contributed by atoms with Crippen LogP contribution in [0.3, 0.4) is 0 Å². The number of rotatable bonds is 4. The van der Waals surface area contributed by atoms with Crippen LogP contribution in [0.4, 0.5) is 0 Å². The molecule has 0 bridgehead atoms. The Hall–Kier alpha value is -5.80. The zero-order valence-electron chi connectivity index (χ0n) is 25.7. The van der Waals surface area contributed by atoms with Crippen molar-refractivity contribution < 1.29 is 4.42 Å². The Balaban J connectivity index is 1.22. The van der Waals surface area contributed by atoms with E-state index in [-0.39, 0.29) is 5.41 Å². The Bertz CT molecular complexity index is 2420. The maximum absolute atomic E-state index is 6.56. The van der Waals surface area contributed by atoms with Gasteiger partial charge in [0.1, 0.15) is 11.2 Å². The van der Waals surface area contributed by atoms with Crippen molar-refractivity contribution >= 4 is 21.9 Å². The minimum absolute atomic E-state index is 0.158. The molecule has 0 saturated heterocycles. The Morgan fingerprint density at radius 2 is 1.04 bits per heavy atom. The predicted octanol–water partition coefficient (Wildman–Crippen LogP) is 11.4. The highest BCUT2D eigenvalue weighted by Crippen LogP contribution is 2.53. The van der Waals surface area contributed by atoms with Crippen LogP contribution in [0.5, 0.6) is 0 Å². The van der Waals surface area contributed by atoms with Gasteiger partial charge in [-0.15, -0.1) is 0 Å². The zero-order chi connectivity index (χ0) is 30.8. The monoisotopic (exact) mass is 590 g/mol.